The predicted molar refractivity (Wildman–Crippen MR) is 119 cm³/mol. The number of amides is 2. The molecule has 0 spiro atoms. The van der Waals surface area contributed by atoms with Crippen molar-refractivity contribution in [3.8, 4) is 11.5 Å². The number of hydrogen-bond donors (Lipinski definition) is 0. The molecule has 2 amide bonds. The van der Waals surface area contributed by atoms with Crippen LogP contribution >= 0.6 is 15.9 Å². The first-order valence-electron chi connectivity index (χ1n) is 10.1. The molecule has 1 heterocycles. The zero-order valence-corrected chi connectivity index (χ0v) is 19.0. The van der Waals surface area contributed by atoms with Gasteiger partial charge in [0.15, 0.2) is 11.5 Å². The number of aryl methyl sites for hydroxylation is 1. The number of halogens is 1. The summed E-state index contributed by atoms with van der Waals surface area (Å²) in [6, 6.07) is 13.2. The van der Waals surface area contributed by atoms with E-state index in [2.05, 4.69) is 15.9 Å². The quantitative estimate of drug-likeness (QED) is 0.639. The van der Waals surface area contributed by atoms with Gasteiger partial charge in [-0.25, -0.2) is 0 Å². The van der Waals surface area contributed by atoms with Crippen LogP contribution < -0.4 is 9.47 Å². The molecule has 6 nitrogen and oxygen atoms in total. The third-order valence-corrected chi connectivity index (χ3v) is 5.84. The summed E-state index contributed by atoms with van der Waals surface area (Å²) >= 11 is 3.43. The number of methoxy groups -OCH3 is 2. The summed E-state index contributed by atoms with van der Waals surface area (Å²) in [4.78, 5) is 29.3. The Bertz CT molecular complexity index is 885. The minimum Gasteiger partial charge on any atom is -0.493 e. The molecule has 2 aromatic carbocycles. The lowest BCUT2D eigenvalue weighted by Gasteiger charge is -2.22. The molecule has 0 radical (unpaired) electrons. The average Bonchev–Trinajstić information content (AvgIpc) is 3.04. The lowest BCUT2D eigenvalue weighted by atomic mass is 10.1. The molecule has 1 fully saturated rings. The highest BCUT2D eigenvalue weighted by molar-refractivity contribution is 9.10. The highest BCUT2D eigenvalue weighted by Crippen LogP contribution is 2.28. The van der Waals surface area contributed by atoms with Gasteiger partial charge in [0.05, 0.1) is 14.2 Å². The fourth-order valence-electron chi connectivity index (χ4n) is 3.58. The van der Waals surface area contributed by atoms with E-state index in [0.29, 0.717) is 49.7 Å². The second-order valence-electron chi connectivity index (χ2n) is 7.22. The van der Waals surface area contributed by atoms with Gasteiger partial charge >= 0.3 is 0 Å². The lowest BCUT2D eigenvalue weighted by Crippen LogP contribution is -2.37. The Morgan fingerprint density at radius 3 is 2.27 bits per heavy atom. The van der Waals surface area contributed by atoms with Crippen molar-refractivity contribution in [1.82, 2.24) is 9.80 Å². The molecule has 0 aromatic heterocycles. The maximum atomic E-state index is 13.0. The van der Waals surface area contributed by atoms with E-state index < -0.39 is 0 Å². The van der Waals surface area contributed by atoms with Crippen LogP contribution in [0, 0.1) is 0 Å². The summed E-state index contributed by atoms with van der Waals surface area (Å²) in [5, 5.41) is 0. The molecule has 0 N–H and O–H groups in total. The zero-order valence-electron chi connectivity index (χ0n) is 17.4. The zero-order chi connectivity index (χ0) is 21.5. The van der Waals surface area contributed by atoms with E-state index in [1.807, 2.05) is 34.1 Å². The number of carbonyl (C=O) groups excluding carboxylic acids is 2. The first kappa shape index (κ1) is 22.2. The van der Waals surface area contributed by atoms with Crippen molar-refractivity contribution in [1.29, 1.82) is 0 Å². The molecular formula is C23H27BrN2O4. The average molecular weight is 475 g/mol. The highest BCUT2D eigenvalue weighted by Gasteiger charge is 2.23. The molecule has 0 bridgehead atoms. The Morgan fingerprint density at radius 2 is 1.57 bits per heavy atom. The molecule has 0 aliphatic carbocycles. The van der Waals surface area contributed by atoms with Crippen molar-refractivity contribution < 1.29 is 19.1 Å². The molecule has 0 saturated carbocycles. The van der Waals surface area contributed by atoms with E-state index in [1.165, 1.54) is 0 Å². The van der Waals surface area contributed by atoms with Gasteiger partial charge in [-0.2, -0.15) is 0 Å². The standard InChI is InChI=1S/C23H27BrN2O4/c1-29-20-10-7-18(16-21(20)30-2)23(28)26-13-3-12-25(14-15-26)22(27)11-6-17-4-8-19(24)9-5-17/h4-5,7-10,16H,3,6,11-15H2,1-2H3. The van der Waals surface area contributed by atoms with Gasteiger partial charge in [-0.05, 0) is 48.7 Å². The van der Waals surface area contributed by atoms with Gasteiger partial charge in [-0.3, -0.25) is 9.59 Å². The Morgan fingerprint density at radius 1 is 0.900 bits per heavy atom. The van der Waals surface area contributed by atoms with Crippen LogP contribution in [0.2, 0.25) is 0 Å². The number of hydrogen-bond acceptors (Lipinski definition) is 4. The Hall–Kier alpha value is -2.54. The smallest absolute Gasteiger partial charge is 0.254 e. The van der Waals surface area contributed by atoms with E-state index in [4.69, 9.17) is 9.47 Å². The number of carbonyl (C=O) groups is 2. The van der Waals surface area contributed by atoms with Gasteiger partial charge in [-0.1, -0.05) is 28.1 Å². The summed E-state index contributed by atoms with van der Waals surface area (Å²) in [6.07, 6.45) is 1.96. The predicted octanol–water partition coefficient (Wildman–Crippen LogP) is 3.77. The lowest BCUT2D eigenvalue weighted by molar-refractivity contribution is -0.131. The third kappa shape index (κ3) is 5.53. The topological polar surface area (TPSA) is 59.1 Å². The first-order valence-corrected chi connectivity index (χ1v) is 10.8. The van der Waals surface area contributed by atoms with Crippen LogP contribution in [0.4, 0.5) is 0 Å². The molecule has 30 heavy (non-hydrogen) atoms. The Kier molecular flexibility index (Phi) is 7.74. The molecule has 1 aliphatic rings. The maximum Gasteiger partial charge on any atom is 0.254 e. The summed E-state index contributed by atoms with van der Waals surface area (Å²) in [5.41, 5.74) is 1.70. The minimum atomic E-state index is -0.0554. The van der Waals surface area contributed by atoms with Gasteiger partial charge < -0.3 is 19.3 Å². The van der Waals surface area contributed by atoms with Gasteiger partial charge in [0.1, 0.15) is 0 Å². The molecule has 2 aromatic rings. The van der Waals surface area contributed by atoms with E-state index in [0.717, 1.165) is 22.9 Å². The molecule has 7 heteroatoms. The summed E-state index contributed by atoms with van der Waals surface area (Å²) in [5.74, 6) is 1.20. The second kappa shape index (κ2) is 10.5. The summed E-state index contributed by atoms with van der Waals surface area (Å²) < 4.78 is 11.6. The van der Waals surface area contributed by atoms with Crippen LogP contribution in [0.15, 0.2) is 46.9 Å². The number of ether oxygens (including phenoxy) is 2. The maximum absolute atomic E-state index is 13.0. The molecule has 160 valence electrons. The van der Waals surface area contributed by atoms with Crippen LogP contribution in [0.1, 0.15) is 28.8 Å². The van der Waals surface area contributed by atoms with Crippen LogP contribution in [0.25, 0.3) is 0 Å². The molecule has 0 unspecified atom stereocenters. The second-order valence-corrected chi connectivity index (χ2v) is 8.14. The monoisotopic (exact) mass is 474 g/mol. The Labute approximate surface area is 185 Å². The van der Waals surface area contributed by atoms with E-state index in [-0.39, 0.29) is 11.8 Å². The van der Waals surface area contributed by atoms with Gasteiger partial charge in [0.2, 0.25) is 5.91 Å². The fraction of sp³-hybridized carbons (Fsp3) is 0.391. The highest BCUT2D eigenvalue weighted by atomic mass is 79.9. The molecule has 1 saturated heterocycles. The van der Waals surface area contributed by atoms with E-state index >= 15 is 0 Å². The fourth-order valence-corrected chi connectivity index (χ4v) is 3.85. The van der Waals surface area contributed by atoms with Crippen molar-refractivity contribution in [3.63, 3.8) is 0 Å². The normalized spacial score (nSPS) is 14.2. The van der Waals surface area contributed by atoms with Crippen molar-refractivity contribution >= 4 is 27.7 Å². The third-order valence-electron chi connectivity index (χ3n) is 5.31. The number of rotatable bonds is 6. The minimum absolute atomic E-state index is 0.0554. The van der Waals surface area contributed by atoms with Crippen molar-refractivity contribution in [2.45, 2.75) is 19.3 Å². The van der Waals surface area contributed by atoms with Gasteiger partial charge in [0, 0.05) is 42.6 Å². The van der Waals surface area contributed by atoms with Crippen molar-refractivity contribution in [2.75, 3.05) is 40.4 Å². The molecular weight excluding hydrogens is 448 g/mol. The van der Waals surface area contributed by atoms with Crippen molar-refractivity contribution in [2.24, 2.45) is 0 Å². The van der Waals surface area contributed by atoms with Crippen LogP contribution in [-0.4, -0.2) is 62.0 Å². The van der Waals surface area contributed by atoms with Crippen molar-refractivity contribution in [3.05, 3.63) is 58.1 Å². The van der Waals surface area contributed by atoms with E-state index in [1.54, 1.807) is 32.4 Å². The van der Waals surface area contributed by atoms with Gasteiger partial charge in [-0.15, -0.1) is 0 Å². The van der Waals surface area contributed by atoms with Gasteiger partial charge in [0.25, 0.3) is 5.91 Å². The van der Waals surface area contributed by atoms with Crippen LogP contribution in [0.5, 0.6) is 11.5 Å². The number of benzene rings is 2. The van der Waals surface area contributed by atoms with Crippen LogP contribution in [0.3, 0.4) is 0 Å². The molecule has 3 rings (SSSR count). The summed E-state index contributed by atoms with van der Waals surface area (Å²) in [7, 11) is 3.12. The Balaban J connectivity index is 1.56. The first-order chi connectivity index (χ1) is 14.5. The van der Waals surface area contributed by atoms with E-state index in [9.17, 15) is 9.59 Å². The summed E-state index contributed by atoms with van der Waals surface area (Å²) in [6.45, 7) is 2.38. The van der Waals surface area contributed by atoms with Crippen LogP contribution in [-0.2, 0) is 11.2 Å². The molecule has 1 aliphatic heterocycles. The number of nitrogens with zero attached hydrogens (tertiary/aromatic N) is 2. The largest absolute Gasteiger partial charge is 0.493 e. The SMILES string of the molecule is COc1ccc(C(=O)N2CCCN(C(=O)CCc3ccc(Br)cc3)CC2)cc1OC. The molecule has 0 atom stereocenters.